The third-order valence-electron chi connectivity index (χ3n) is 1.64. The van der Waals surface area contributed by atoms with Crippen LogP contribution >= 0.6 is 11.8 Å². The summed E-state index contributed by atoms with van der Waals surface area (Å²) in [5, 5.41) is 0.451. The van der Waals surface area contributed by atoms with Crippen molar-refractivity contribution >= 4 is 11.8 Å². The molecule has 2 N–H and O–H groups in total. The lowest BCUT2D eigenvalue weighted by atomic mass is 10.2. The van der Waals surface area contributed by atoms with Crippen molar-refractivity contribution in [3.05, 3.63) is 29.6 Å². The number of rotatable bonds is 3. The average Bonchev–Trinajstić information content (AvgIpc) is 2.03. The fourth-order valence-corrected chi connectivity index (χ4v) is 2.09. The Morgan fingerprint density at radius 2 is 2.15 bits per heavy atom. The van der Waals surface area contributed by atoms with E-state index in [0.717, 1.165) is 4.90 Å². The van der Waals surface area contributed by atoms with Crippen molar-refractivity contribution in [3.63, 3.8) is 0 Å². The van der Waals surface area contributed by atoms with Crippen molar-refractivity contribution in [2.45, 2.75) is 30.5 Å². The highest BCUT2D eigenvalue weighted by molar-refractivity contribution is 8.00. The van der Waals surface area contributed by atoms with Crippen molar-refractivity contribution in [1.82, 2.24) is 0 Å². The normalized spacial score (nSPS) is 10.8. The van der Waals surface area contributed by atoms with Crippen LogP contribution in [0.1, 0.15) is 19.4 Å². The summed E-state index contributed by atoms with van der Waals surface area (Å²) < 4.78 is 13.2. The minimum absolute atomic E-state index is 0.201. The minimum atomic E-state index is -0.201. The summed E-state index contributed by atoms with van der Waals surface area (Å²) in [6.45, 7) is 4.42. The molecule has 72 valence electrons. The van der Waals surface area contributed by atoms with Crippen molar-refractivity contribution in [3.8, 4) is 0 Å². The second-order valence-corrected chi connectivity index (χ2v) is 4.71. The fraction of sp³-hybridized carbons (Fsp3) is 0.400. The lowest BCUT2D eigenvalue weighted by molar-refractivity contribution is 0.604. The molecule has 0 saturated heterocycles. The van der Waals surface area contributed by atoms with Gasteiger partial charge in [-0.25, -0.2) is 4.39 Å². The molecule has 0 aromatic heterocycles. The summed E-state index contributed by atoms with van der Waals surface area (Å²) in [5.41, 5.74) is 6.10. The standard InChI is InChI=1S/C10H14FNS/c1-7(2)13-10-5-3-4-9(11)8(10)6-12/h3-5,7H,6,12H2,1-2H3. The van der Waals surface area contributed by atoms with Crippen LogP contribution in [0.5, 0.6) is 0 Å². The van der Waals surface area contributed by atoms with Gasteiger partial charge in [0.15, 0.2) is 0 Å². The van der Waals surface area contributed by atoms with E-state index < -0.39 is 0 Å². The molecule has 3 heteroatoms. The summed E-state index contributed by atoms with van der Waals surface area (Å²) in [5.74, 6) is -0.201. The highest BCUT2D eigenvalue weighted by Gasteiger charge is 2.07. The van der Waals surface area contributed by atoms with Crippen molar-refractivity contribution in [1.29, 1.82) is 0 Å². The number of nitrogens with two attached hydrogens (primary N) is 1. The van der Waals surface area contributed by atoms with Crippen LogP contribution in [0.25, 0.3) is 0 Å². The van der Waals surface area contributed by atoms with Crippen LogP contribution < -0.4 is 5.73 Å². The summed E-state index contributed by atoms with van der Waals surface area (Å²) in [6.07, 6.45) is 0. The van der Waals surface area contributed by atoms with E-state index in [4.69, 9.17) is 5.73 Å². The molecule has 1 aromatic carbocycles. The number of hydrogen-bond donors (Lipinski definition) is 1. The second-order valence-electron chi connectivity index (χ2n) is 3.09. The molecule has 0 unspecified atom stereocenters. The molecule has 0 atom stereocenters. The number of hydrogen-bond acceptors (Lipinski definition) is 2. The van der Waals surface area contributed by atoms with E-state index in [1.54, 1.807) is 17.8 Å². The third kappa shape index (κ3) is 2.71. The van der Waals surface area contributed by atoms with E-state index in [1.165, 1.54) is 6.07 Å². The van der Waals surface area contributed by atoms with Gasteiger partial charge in [0, 0.05) is 22.3 Å². The molecule has 1 rings (SSSR count). The van der Waals surface area contributed by atoms with Gasteiger partial charge in [-0.15, -0.1) is 11.8 Å². The smallest absolute Gasteiger partial charge is 0.128 e. The molecule has 0 fully saturated rings. The lowest BCUT2D eigenvalue weighted by Gasteiger charge is -2.10. The number of halogens is 1. The van der Waals surface area contributed by atoms with E-state index >= 15 is 0 Å². The molecule has 0 saturated carbocycles. The summed E-state index contributed by atoms with van der Waals surface area (Å²) in [4.78, 5) is 0.956. The second kappa shape index (κ2) is 4.63. The molecule has 1 aromatic rings. The zero-order valence-corrected chi connectivity index (χ0v) is 8.70. The van der Waals surface area contributed by atoms with Crippen LogP contribution in [-0.4, -0.2) is 5.25 Å². The predicted octanol–water partition coefficient (Wildman–Crippen LogP) is 2.78. The number of thioether (sulfide) groups is 1. The molecule has 0 aliphatic carbocycles. The van der Waals surface area contributed by atoms with Gasteiger partial charge in [0.05, 0.1) is 0 Å². The molecule has 0 radical (unpaired) electrons. The fourth-order valence-electron chi connectivity index (χ4n) is 1.10. The van der Waals surface area contributed by atoms with Gasteiger partial charge in [-0.1, -0.05) is 19.9 Å². The first-order valence-electron chi connectivity index (χ1n) is 4.29. The SMILES string of the molecule is CC(C)Sc1cccc(F)c1CN. The van der Waals surface area contributed by atoms with E-state index in [9.17, 15) is 4.39 Å². The first-order chi connectivity index (χ1) is 6.15. The zero-order valence-electron chi connectivity index (χ0n) is 7.88. The van der Waals surface area contributed by atoms with E-state index in [2.05, 4.69) is 13.8 Å². The molecule has 0 aliphatic rings. The maximum Gasteiger partial charge on any atom is 0.128 e. The Labute approximate surface area is 82.5 Å². The molecule has 0 heterocycles. The van der Waals surface area contributed by atoms with Crippen LogP contribution in [0.4, 0.5) is 4.39 Å². The van der Waals surface area contributed by atoms with Gasteiger partial charge in [-0.05, 0) is 12.1 Å². The monoisotopic (exact) mass is 199 g/mol. The molecule has 0 spiro atoms. The predicted molar refractivity (Wildman–Crippen MR) is 55.3 cm³/mol. The minimum Gasteiger partial charge on any atom is -0.326 e. The lowest BCUT2D eigenvalue weighted by Crippen LogP contribution is -2.02. The van der Waals surface area contributed by atoms with Crippen LogP contribution in [0.2, 0.25) is 0 Å². The van der Waals surface area contributed by atoms with Gasteiger partial charge in [0.1, 0.15) is 5.82 Å². The van der Waals surface area contributed by atoms with Gasteiger partial charge in [0.2, 0.25) is 0 Å². The molecule has 0 bridgehead atoms. The molecule has 0 aliphatic heterocycles. The van der Waals surface area contributed by atoms with E-state index in [0.29, 0.717) is 10.8 Å². The van der Waals surface area contributed by atoms with Gasteiger partial charge < -0.3 is 5.73 Å². The highest BCUT2D eigenvalue weighted by Crippen LogP contribution is 2.27. The molecular weight excluding hydrogens is 185 g/mol. The highest BCUT2D eigenvalue weighted by atomic mass is 32.2. The Morgan fingerprint density at radius 3 is 2.69 bits per heavy atom. The Bertz CT molecular complexity index is 286. The molecular formula is C10H14FNS. The Balaban J connectivity index is 2.98. The summed E-state index contributed by atoms with van der Waals surface area (Å²) in [7, 11) is 0. The maximum absolute atomic E-state index is 13.2. The molecule has 1 nitrogen and oxygen atoms in total. The van der Waals surface area contributed by atoms with E-state index in [-0.39, 0.29) is 12.4 Å². The van der Waals surface area contributed by atoms with Gasteiger partial charge >= 0.3 is 0 Å². The topological polar surface area (TPSA) is 26.0 Å². The Hall–Kier alpha value is -0.540. The average molecular weight is 199 g/mol. The largest absolute Gasteiger partial charge is 0.326 e. The third-order valence-corrected chi connectivity index (χ3v) is 2.75. The van der Waals surface area contributed by atoms with Crippen LogP contribution in [0, 0.1) is 5.82 Å². The Kier molecular flexibility index (Phi) is 3.75. The van der Waals surface area contributed by atoms with Crippen molar-refractivity contribution < 1.29 is 4.39 Å². The van der Waals surface area contributed by atoms with Crippen molar-refractivity contribution in [2.75, 3.05) is 0 Å². The van der Waals surface area contributed by atoms with E-state index in [1.807, 2.05) is 6.07 Å². The van der Waals surface area contributed by atoms with Crippen LogP contribution in [0.15, 0.2) is 23.1 Å². The maximum atomic E-state index is 13.2. The summed E-state index contributed by atoms with van der Waals surface area (Å²) in [6, 6.07) is 5.09. The van der Waals surface area contributed by atoms with Crippen LogP contribution in [0.3, 0.4) is 0 Å². The van der Waals surface area contributed by atoms with Crippen molar-refractivity contribution in [2.24, 2.45) is 5.73 Å². The van der Waals surface area contributed by atoms with Gasteiger partial charge in [-0.2, -0.15) is 0 Å². The molecule has 13 heavy (non-hydrogen) atoms. The first kappa shape index (κ1) is 10.5. The number of benzene rings is 1. The molecule has 0 amide bonds. The zero-order chi connectivity index (χ0) is 9.84. The summed E-state index contributed by atoms with van der Waals surface area (Å²) >= 11 is 1.64. The van der Waals surface area contributed by atoms with Gasteiger partial charge in [0.25, 0.3) is 0 Å². The quantitative estimate of drug-likeness (QED) is 0.757. The van der Waals surface area contributed by atoms with Gasteiger partial charge in [-0.3, -0.25) is 0 Å². The Morgan fingerprint density at radius 1 is 1.46 bits per heavy atom. The van der Waals surface area contributed by atoms with Crippen LogP contribution in [-0.2, 0) is 6.54 Å². The first-order valence-corrected chi connectivity index (χ1v) is 5.17.